The molecule has 15 heavy (non-hydrogen) atoms. The average Bonchev–Trinajstić information content (AvgIpc) is 2.19. The maximum absolute atomic E-state index is 5.93. The fourth-order valence-electron chi connectivity index (χ4n) is 1.37. The van der Waals surface area contributed by atoms with Gasteiger partial charge in [0.15, 0.2) is 0 Å². The fraction of sp³-hybridized carbons (Fsp3) is 0.600. The Morgan fingerprint density at radius 1 is 1.47 bits per heavy atom. The van der Waals surface area contributed by atoms with Crippen molar-refractivity contribution in [3.63, 3.8) is 0 Å². The first-order valence-corrected chi connectivity index (χ1v) is 6.14. The number of aromatic nitrogens is 2. The van der Waals surface area contributed by atoms with Crippen LogP contribution >= 0.6 is 27.5 Å². The Balaban J connectivity index is 2.96. The topological polar surface area (TPSA) is 29.0 Å². The summed E-state index contributed by atoms with van der Waals surface area (Å²) in [5.41, 5.74) is 0. The molecule has 0 unspecified atom stereocenters. The van der Waals surface area contributed by atoms with Crippen LogP contribution in [0.4, 0.5) is 5.82 Å². The molecule has 5 heteroatoms. The summed E-state index contributed by atoms with van der Waals surface area (Å²) < 4.78 is 0.772. The van der Waals surface area contributed by atoms with Crippen LogP contribution in [0.2, 0.25) is 5.15 Å². The van der Waals surface area contributed by atoms with Crippen molar-refractivity contribution in [1.82, 2.24) is 9.97 Å². The van der Waals surface area contributed by atoms with Crippen molar-refractivity contribution in [2.75, 3.05) is 18.0 Å². The smallest absolute Gasteiger partial charge is 0.148 e. The molecule has 0 bridgehead atoms. The third-order valence-electron chi connectivity index (χ3n) is 2.00. The van der Waals surface area contributed by atoms with Crippen LogP contribution in [0.15, 0.2) is 10.8 Å². The summed E-state index contributed by atoms with van der Waals surface area (Å²) in [6, 6.07) is 0. The molecule has 1 aromatic rings. The molecule has 0 aliphatic rings. The van der Waals surface area contributed by atoms with E-state index in [4.69, 9.17) is 11.6 Å². The number of rotatable bonds is 4. The predicted molar refractivity (Wildman–Crippen MR) is 67.5 cm³/mol. The summed E-state index contributed by atoms with van der Waals surface area (Å²) in [7, 11) is 0. The first-order valence-electron chi connectivity index (χ1n) is 4.97. The SMILES string of the molecule is CCN(CC(C)C)c1ncnc(Cl)c1Br. The average molecular weight is 293 g/mol. The monoisotopic (exact) mass is 291 g/mol. The Bertz CT molecular complexity index is 330. The van der Waals surface area contributed by atoms with Crippen LogP contribution in [0.5, 0.6) is 0 Å². The van der Waals surface area contributed by atoms with Gasteiger partial charge in [-0.2, -0.15) is 0 Å². The Hall–Kier alpha value is -0.350. The molecule has 0 saturated heterocycles. The van der Waals surface area contributed by atoms with Crippen LogP contribution in [0, 0.1) is 5.92 Å². The van der Waals surface area contributed by atoms with Crippen molar-refractivity contribution in [2.24, 2.45) is 5.92 Å². The van der Waals surface area contributed by atoms with Crippen molar-refractivity contribution in [3.05, 3.63) is 16.0 Å². The summed E-state index contributed by atoms with van der Waals surface area (Å²) in [4.78, 5) is 10.3. The summed E-state index contributed by atoms with van der Waals surface area (Å²) >= 11 is 9.34. The summed E-state index contributed by atoms with van der Waals surface area (Å²) in [6.07, 6.45) is 1.49. The highest BCUT2D eigenvalue weighted by molar-refractivity contribution is 9.10. The normalized spacial score (nSPS) is 10.8. The standard InChI is InChI=1S/C10H15BrClN3/c1-4-15(5-7(2)3)10-8(11)9(12)13-6-14-10/h6-7H,4-5H2,1-3H3. The highest BCUT2D eigenvalue weighted by atomic mass is 79.9. The van der Waals surface area contributed by atoms with Gasteiger partial charge in [-0.25, -0.2) is 9.97 Å². The van der Waals surface area contributed by atoms with Gasteiger partial charge in [0.1, 0.15) is 17.3 Å². The second-order valence-corrected chi connectivity index (χ2v) is 4.89. The van der Waals surface area contributed by atoms with E-state index >= 15 is 0 Å². The minimum Gasteiger partial charge on any atom is -0.356 e. The largest absolute Gasteiger partial charge is 0.356 e. The Morgan fingerprint density at radius 3 is 2.67 bits per heavy atom. The van der Waals surface area contributed by atoms with E-state index in [-0.39, 0.29) is 0 Å². The van der Waals surface area contributed by atoms with Crippen LogP contribution < -0.4 is 4.90 Å². The lowest BCUT2D eigenvalue weighted by atomic mass is 10.2. The molecule has 0 N–H and O–H groups in total. The van der Waals surface area contributed by atoms with Crippen LogP contribution in [0.1, 0.15) is 20.8 Å². The number of nitrogens with zero attached hydrogens (tertiary/aromatic N) is 3. The van der Waals surface area contributed by atoms with E-state index in [1.54, 1.807) is 0 Å². The predicted octanol–water partition coefficient (Wildman–Crippen LogP) is 3.37. The summed E-state index contributed by atoms with van der Waals surface area (Å²) in [5.74, 6) is 1.46. The fourth-order valence-corrected chi connectivity index (χ4v) is 1.95. The van der Waals surface area contributed by atoms with E-state index < -0.39 is 0 Å². The third kappa shape index (κ3) is 3.31. The minimum absolute atomic E-state index is 0.460. The van der Waals surface area contributed by atoms with Crippen LogP contribution in [-0.4, -0.2) is 23.1 Å². The third-order valence-corrected chi connectivity index (χ3v) is 3.24. The van der Waals surface area contributed by atoms with E-state index in [0.717, 1.165) is 23.4 Å². The lowest BCUT2D eigenvalue weighted by Gasteiger charge is -2.24. The molecule has 1 heterocycles. The molecule has 0 radical (unpaired) electrons. The molecule has 0 saturated carbocycles. The quantitative estimate of drug-likeness (QED) is 0.797. The van der Waals surface area contributed by atoms with E-state index in [2.05, 4.69) is 51.6 Å². The van der Waals surface area contributed by atoms with Gasteiger partial charge >= 0.3 is 0 Å². The van der Waals surface area contributed by atoms with Gasteiger partial charge in [0.25, 0.3) is 0 Å². The molecule has 3 nitrogen and oxygen atoms in total. The molecule has 1 rings (SSSR count). The van der Waals surface area contributed by atoms with Gasteiger partial charge in [-0.15, -0.1) is 0 Å². The maximum Gasteiger partial charge on any atom is 0.148 e. The number of anilines is 1. The van der Waals surface area contributed by atoms with Gasteiger partial charge in [-0.1, -0.05) is 25.4 Å². The molecule has 84 valence electrons. The first-order chi connectivity index (χ1) is 7.06. The van der Waals surface area contributed by atoms with Crippen molar-refractivity contribution >= 4 is 33.3 Å². The molecule has 0 amide bonds. The molecular weight excluding hydrogens is 277 g/mol. The highest BCUT2D eigenvalue weighted by Gasteiger charge is 2.13. The van der Waals surface area contributed by atoms with Gasteiger partial charge in [0.05, 0.1) is 4.47 Å². The lowest BCUT2D eigenvalue weighted by molar-refractivity contribution is 0.613. The van der Waals surface area contributed by atoms with Crippen LogP contribution in [-0.2, 0) is 0 Å². The lowest BCUT2D eigenvalue weighted by Crippen LogP contribution is -2.28. The van der Waals surface area contributed by atoms with E-state index in [1.807, 2.05) is 0 Å². The second kappa shape index (κ2) is 5.66. The van der Waals surface area contributed by atoms with Gasteiger partial charge in [0, 0.05) is 13.1 Å². The van der Waals surface area contributed by atoms with Gasteiger partial charge in [-0.05, 0) is 28.8 Å². The molecule has 0 aliphatic carbocycles. The van der Waals surface area contributed by atoms with Crippen molar-refractivity contribution in [3.8, 4) is 0 Å². The minimum atomic E-state index is 0.460. The van der Waals surface area contributed by atoms with Gasteiger partial charge in [0.2, 0.25) is 0 Å². The first kappa shape index (κ1) is 12.7. The van der Waals surface area contributed by atoms with Crippen molar-refractivity contribution < 1.29 is 0 Å². The number of hydrogen-bond donors (Lipinski definition) is 0. The molecule has 1 aromatic heterocycles. The van der Waals surface area contributed by atoms with E-state index in [9.17, 15) is 0 Å². The molecule has 0 aromatic carbocycles. The highest BCUT2D eigenvalue weighted by Crippen LogP contribution is 2.29. The zero-order valence-corrected chi connectivity index (χ0v) is 11.5. The molecule has 0 spiro atoms. The molecule has 0 atom stereocenters. The number of hydrogen-bond acceptors (Lipinski definition) is 3. The van der Waals surface area contributed by atoms with Gasteiger partial charge in [-0.3, -0.25) is 0 Å². The maximum atomic E-state index is 5.93. The summed E-state index contributed by atoms with van der Waals surface area (Å²) in [6.45, 7) is 8.33. The van der Waals surface area contributed by atoms with Gasteiger partial charge < -0.3 is 4.90 Å². The summed E-state index contributed by atoms with van der Waals surface area (Å²) in [5, 5.41) is 0.460. The van der Waals surface area contributed by atoms with Crippen molar-refractivity contribution in [2.45, 2.75) is 20.8 Å². The van der Waals surface area contributed by atoms with Crippen LogP contribution in [0.25, 0.3) is 0 Å². The zero-order valence-electron chi connectivity index (χ0n) is 9.17. The number of halogens is 2. The van der Waals surface area contributed by atoms with Crippen molar-refractivity contribution in [1.29, 1.82) is 0 Å². The van der Waals surface area contributed by atoms with E-state index in [0.29, 0.717) is 11.1 Å². The van der Waals surface area contributed by atoms with E-state index in [1.165, 1.54) is 6.33 Å². The zero-order chi connectivity index (χ0) is 11.4. The van der Waals surface area contributed by atoms with Crippen LogP contribution in [0.3, 0.4) is 0 Å². The Morgan fingerprint density at radius 2 is 2.13 bits per heavy atom. The molecule has 0 aliphatic heterocycles. The second-order valence-electron chi connectivity index (χ2n) is 3.73. The Labute approximate surface area is 104 Å². The molecular formula is C10H15BrClN3. The molecule has 0 fully saturated rings. The Kier molecular flexibility index (Phi) is 4.80.